The van der Waals surface area contributed by atoms with Crippen LogP contribution in [0.25, 0.3) is 0 Å². The van der Waals surface area contributed by atoms with Gasteiger partial charge in [-0.15, -0.1) is 0 Å². The molecule has 1 aliphatic heterocycles. The van der Waals surface area contributed by atoms with Crippen molar-refractivity contribution in [2.45, 2.75) is 25.1 Å². The number of ether oxygens (including phenoxy) is 1. The zero-order valence-corrected chi connectivity index (χ0v) is 10.1. The maximum Gasteiger partial charge on any atom is 0.419 e. The lowest BCUT2D eigenvalue weighted by Gasteiger charge is -2.31. The molecular formula is C13H14F4O2. The van der Waals surface area contributed by atoms with E-state index >= 15 is 0 Å². The molecule has 0 aliphatic carbocycles. The molecule has 1 heterocycles. The normalized spacial score (nSPS) is 24.5. The number of alkyl halides is 3. The molecule has 0 amide bonds. The molecule has 1 fully saturated rings. The van der Waals surface area contributed by atoms with Crippen molar-refractivity contribution in [2.24, 2.45) is 5.92 Å². The van der Waals surface area contributed by atoms with E-state index in [0.717, 1.165) is 18.6 Å². The predicted octanol–water partition coefficient (Wildman–Crippen LogP) is 3.30. The summed E-state index contributed by atoms with van der Waals surface area (Å²) in [6.07, 6.45) is -3.90. The van der Waals surface area contributed by atoms with Crippen LogP contribution in [-0.2, 0) is 10.9 Å². The molecule has 1 saturated heterocycles. The summed E-state index contributed by atoms with van der Waals surface area (Å²) in [6, 6.07) is 2.85. The van der Waals surface area contributed by atoms with Gasteiger partial charge in [0.05, 0.1) is 11.7 Å². The molecule has 0 aromatic heterocycles. The Bertz CT molecular complexity index is 445. The van der Waals surface area contributed by atoms with Gasteiger partial charge in [0.1, 0.15) is 5.82 Å². The Morgan fingerprint density at radius 3 is 2.68 bits per heavy atom. The molecule has 0 bridgehead atoms. The second-order valence-corrected chi connectivity index (χ2v) is 4.61. The molecule has 0 radical (unpaired) electrons. The molecule has 2 atom stereocenters. The monoisotopic (exact) mass is 278 g/mol. The highest BCUT2D eigenvalue weighted by Crippen LogP contribution is 2.37. The van der Waals surface area contributed by atoms with Crippen LogP contribution < -0.4 is 0 Å². The number of aliphatic hydroxyl groups is 1. The van der Waals surface area contributed by atoms with Gasteiger partial charge in [0.2, 0.25) is 0 Å². The summed E-state index contributed by atoms with van der Waals surface area (Å²) < 4.78 is 56.6. The quantitative estimate of drug-likeness (QED) is 0.841. The summed E-state index contributed by atoms with van der Waals surface area (Å²) in [5.74, 6) is -1.55. The fourth-order valence-electron chi connectivity index (χ4n) is 2.34. The SMILES string of the molecule is OC[C@@H]1CCCO[C@@H]1c1ccc(F)c(C(F)(F)F)c1. The highest BCUT2D eigenvalue weighted by atomic mass is 19.4. The molecule has 19 heavy (non-hydrogen) atoms. The third kappa shape index (κ3) is 3.06. The topological polar surface area (TPSA) is 29.5 Å². The van der Waals surface area contributed by atoms with E-state index in [-0.39, 0.29) is 18.1 Å². The summed E-state index contributed by atoms with van der Waals surface area (Å²) in [5, 5.41) is 9.23. The maximum absolute atomic E-state index is 13.2. The van der Waals surface area contributed by atoms with Gasteiger partial charge in [-0.3, -0.25) is 0 Å². The molecule has 1 aromatic rings. The largest absolute Gasteiger partial charge is 0.419 e. The second kappa shape index (κ2) is 5.46. The van der Waals surface area contributed by atoms with Crippen molar-refractivity contribution in [3.8, 4) is 0 Å². The first kappa shape index (κ1) is 14.3. The molecule has 2 rings (SSSR count). The zero-order valence-electron chi connectivity index (χ0n) is 10.1. The first-order valence-electron chi connectivity index (χ1n) is 6.02. The Morgan fingerprint density at radius 1 is 1.32 bits per heavy atom. The average Bonchev–Trinajstić information content (AvgIpc) is 2.38. The van der Waals surface area contributed by atoms with Crippen LogP contribution in [0, 0.1) is 11.7 Å². The second-order valence-electron chi connectivity index (χ2n) is 4.61. The van der Waals surface area contributed by atoms with Crippen LogP contribution in [0.2, 0.25) is 0 Å². The van der Waals surface area contributed by atoms with Gasteiger partial charge in [-0.25, -0.2) is 4.39 Å². The molecule has 0 spiro atoms. The van der Waals surface area contributed by atoms with Crippen LogP contribution in [0.1, 0.15) is 30.1 Å². The van der Waals surface area contributed by atoms with Crippen molar-refractivity contribution in [3.63, 3.8) is 0 Å². The van der Waals surface area contributed by atoms with Crippen LogP contribution in [-0.4, -0.2) is 18.3 Å². The molecule has 0 saturated carbocycles. The van der Waals surface area contributed by atoms with Crippen molar-refractivity contribution in [1.82, 2.24) is 0 Å². The van der Waals surface area contributed by atoms with Crippen LogP contribution >= 0.6 is 0 Å². The van der Waals surface area contributed by atoms with Gasteiger partial charge in [-0.2, -0.15) is 13.2 Å². The Kier molecular flexibility index (Phi) is 4.10. The molecule has 1 N–H and O–H groups in total. The van der Waals surface area contributed by atoms with Gasteiger partial charge < -0.3 is 9.84 Å². The number of benzene rings is 1. The van der Waals surface area contributed by atoms with E-state index < -0.39 is 23.7 Å². The van der Waals surface area contributed by atoms with E-state index in [9.17, 15) is 22.7 Å². The van der Waals surface area contributed by atoms with Crippen molar-refractivity contribution < 1.29 is 27.4 Å². The van der Waals surface area contributed by atoms with Crippen LogP contribution in [0.5, 0.6) is 0 Å². The lowest BCUT2D eigenvalue weighted by molar-refractivity contribution is -0.140. The van der Waals surface area contributed by atoms with Crippen molar-refractivity contribution in [3.05, 3.63) is 35.1 Å². The highest BCUT2D eigenvalue weighted by molar-refractivity contribution is 5.29. The lowest BCUT2D eigenvalue weighted by atomic mass is 9.89. The van der Waals surface area contributed by atoms with Gasteiger partial charge in [0, 0.05) is 19.1 Å². The minimum atomic E-state index is -4.73. The number of halogens is 4. The Balaban J connectivity index is 2.34. The van der Waals surface area contributed by atoms with Crippen molar-refractivity contribution >= 4 is 0 Å². The predicted molar refractivity (Wildman–Crippen MR) is 59.9 cm³/mol. The van der Waals surface area contributed by atoms with Gasteiger partial charge >= 0.3 is 6.18 Å². The minimum absolute atomic E-state index is 0.163. The smallest absolute Gasteiger partial charge is 0.396 e. The van der Waals surface area contributed by atoms with Crippen molar-refractivity contribution in [2.75, 3.05) is 13.2 Å². The Morgan fingerprint density at radius 2 is 2.05 bits per heavy atom. The van der Waals surface area contributed by atoms with E-state index in [0.29, 0.717) is 13.0 Å². The highest BCUT2D eigenvalue weighted by Gasteiger charge is 2.36. The fourth-order valence-corrected chi connectivity index (χ4v) is 2.34. The number of aliphatic hydroxyl groups excluding tert-OH is 1. The van der Waals surface area contributed by atoms with Gasteiger partial charge in [-0.1, -0.05) is 6.07 Å². The molecule has 0 unspecified atom stereocenters. The van der Waals surface area contributed by atoms with E-state index in [4.69, 9.17) is 4.74 Å². The van der Waals surface area contributed by atoms with E-state index in [1.54, 1.807) is 0 Å². The molecule has 1 aromatic carbocycles. The minimum Gasteiger partial charge on any atom is -0.396 e. The lowest BCUT2D eigenvalue weighted by Crippen LogP contribution is -2.25. The first-order chi connectivity index (χ1) is 8.93. The molecule has 1 aliphatic rings. The van der Waals surface area contributed by atoms with E-state index in [2.05, 4.69) is 0 Å². The Hall–Kier alpha value is -1.14. The van der Waals surface area contributed by atoms with Gasteiger partial charge in [0.15, 0.2) is 0 Å². The molecular weight excluding hydrogens is 264 g/mol. The third-order valence-corrected chi connectivity index (χ3v) is 3.30. The summed E-state index contributed by atoms with van der Waals surface area (Å²) in [4.78, 5) is 0. The molecule has 2 nitrogen and oxygen atoms in total. The van der Waals surface area contributed by atoms with E-state index in [1.807, 2.05) is 0 Å². The Labute approximate surface area is 108 Å². The standard InChI is InChI=1S/C13H14F4O2/c14-11-4-3-8(6-10(11)13(15,16)17)12-9(7-18)2-1-5-19-12/h3-4,6,9,12,18H,1-2,5,7H2/t9-,12+/m0/s1. The third-order valence-electron chi connectivity index (χ3n) is 3.30. The average molecular weight is 278 g/mol. The number of hydrogen-bond acceptors (Lipinski definition) is 2. The van der Waals surface area contributed by atoms with Gasteiger partial charge in [0.25, 0.3) is 0 Å². The summed E-state index contributed by atoms with van der Waals surface area (Å²) >= 11 is 0. The van der Waals surface area contributed by atoms with Crippen LogP contribution in [0.3, 0.4) is 0 Å². The maximum atomic E-state index is 13.2. The summed E-state index contributed by atoms with van der Waals surface area (Å²) in [6.45, 7) is 0.267. The first-order valence-corrected chi connectivity index (χ1v) is 6.02. The zero-order chi connectivity index (χ0) is 14.0. The summed E-state index contributed by atoms with van der Waals surface area (Å²) in [7, 11) is 0. The number of hydrogen-bond donors (Lipinski definition) is 1. The van der Waals surface area contributed by atoms with Crippen molar-refractivity contribution in [1.29, 1.82) is 0 Å². The van der Waals surface area contributed by atoms with Crippen LogP contribution in [0.15, 0.2) is 18.2 Å². The fraction of sp³-hybridized carbons (Fsp3) is 0.538. The summed E-state index contributed by atoms with van der Waals surface area (Å²) in [5.41, 5.74) is -1.04. The van der Waals surface area contributed by atoms with Gasteiger partial charge in [-0.05, 0) is 30.5 Å². The van der Waals surface area contributed by atoms with E-state index in [1.165, 1.54) is 6.07 Å². The van der Waals surface area contributed by atoms with Crippen LogP contribution in [0.4, 0.5) is 17.6 Å². The molecule has 106 valence electrons. The molecule has 6 heteroatoms. The number of rotatable bonds is 2.